The number of carbonyl (C=O) groups is 1. The van der Waals surface area contributed by atoms with Crippen molar-refractivity contribution in [3.63, 3.8) is 0 Å². The van der Waals surface area contributed by atoms with Crippen molar-refractivity contribution in [2.45, 2.75) is 65.2 Å². The average molecular weight is 278 g/mol. The first-order valence-electron chi connectivity index (χ1n) is 6.95. The number of Topliss-reactive ketones (excluding diaryl/α,β-unsaturated/α-hetero) is 1. The van der Waals surface area contributed by atoms with Crippen LogP contribution in [0.25, 0.3) is 0 Å². The molecule has 0 heterocycles. The number of ketones is 1. The fourth-order valence-corrected chi connectivity index (χ4v) is 2.79. The van der Waals surface area contributed by atoms with Crippen molar-refractivity contribution in [1.29, 1.82) is 0 Å². The van der Waals surface area contributed by atoms with Crippen LogP contribution in [0.2, 0.25) is 0 Å². The summed E-state index contributed by atoms with van der Waals surface area (Å²) in [5.41, 5.74) is 0. The summed E-state index contributed by atoms with van der Waals surface area (Å²) in [5.74, 6) is 2.47. The molecule has 0 aromatic heterocycles. The van der Waals surface area contributed by atoms with Crippen LogP contribution >= 0.6 is 0 Å². The van der Waals surface area contributed by atoms with Crippen molar-refractivity contribution in [2.75, 3.05) is 0 Å². The van der Waals surface area contributed by atoms with Gasteiger partial charge >= 0.3 is 51.4 Å². The molecule has 0 aromatic rings. The van der Waals surface area contributed by atoms with E-state index in [1.165, 1.54) is 32.1 Å². The normalized spacial score (nSPS) is 23.1. The van der Waals surface area contributed by atoms with Crippen LogP contribution in [0, 0.1) is 32.1 Å². The molecule has 1 rings (SSSR count). The molecule has 0 N–H and O–H groups in total. The first-order chi connectivity index (χ1) is 7.63. The Hall–Kier alpha value is 1.31. The second-order valence-electron chi connectivity index (χ2n) is 5.76. The molecule has 0 saturated heterocycles. The molecule has 0 amide bonds. The van der Waals surface area contributed by atoms with E-state index in [0.717, 1.165) is 24.7 Å². The summed E-state index contributed by atoms with van der Waals surface area (Å²) in [6.45, 7) is 8.29. The Morgan fingerprint density at radius 2 is 1.78 bits per heavy atom. The van der Waals surface area contributed by atoms with Gasteiger partial charge in [0, 0.05) is 5.92 Å². The first kappa shape index (κ1) is 21.6. The predicted octanol–water partition coefficient (Wildman–Crippen LogP) is 1.87. The van der Waals surface area contributed by atoms with Crippen LogP contribution in [-0.2, 0) is 4.79 Å². The van der Waals surface area contributed by atoms with Crippen LogP contribution in [0.1, 0.15) is 65.2 Å². The largest absolute Gasteiger partial charge is 1.00 e. The van der Waals surface area contributed by atoms with Crippen LogP contribution < -0.4 is 51.4 Å². The topological polar surface area (TPSA) is 17.1 Å². The summed E-state index contributed by atoms with van der Waals surface area (Å²) in [4.78, 5) is 11.5. The molecule has 1 saturated carbocycles. The van der Waals surface area contributed by atoms with Crippen LogP contribution in [0.5, 0.6) is 0 Å². The quantitative estimate of drug-likeness (QED) is 0.535. The van der Waals surface area contributed by atoms with Crippen molar-refractivity contribution in [3.8, 4) is 0 Å². The summed E-state index contributed by atoms with van der Waals surface area (Å²) < 4.78 is 0. The van der Waals surface area contributed by atoms with E-state index in [4.69, 9.17) is 0 Å². The number of hydrogen-bond donors (Lipinski definition) is 0. The van der Waals surface area contributed by atoms with Crippen molar-refractivity contribution >= 4 is 5.78 Å². The van der Waals surface area contributed by atoms with Gasteiger partial charge < -0.3 is 19.1 Å². The summed E-state index contributed by atoms with van der Waals surface area (Å²) in [6, 6.07) is 0. The molecule has 0 spiro atoms. The molecule has 0 unspecified atom stereocenters. The van der Waals surface area contributed by atoms with Gasteiger partial charge in [0.15, 0.2) is 0 Å². The molecule has 2 heteroatoms. The zero-order chi connectivity index (χ0) is 12.0. The molecule has 1 aliphatic carbocycles. The van der Waals surface area contributed by atoms with E-state index in [1.807, 2.05) is 0 Å². The second-order valence-corrected chi connectivity index (χ2v) is 5.76. The molecule has 18 heavy (non-hydrogen) atoms. The molecule has 1 nitrogen and oxygen atoms in total. The van der Waals surface area contributed by atoms with Gasteiger partial charge in [0.25, 0.3) is 0 Å². The van der Waals surface area contributed by atoms with Crippen molar-refractivity contribution in [2.24, 2.45) is 17.8 Å². The predicted molar refractivity (Wildman–Crippen MR) is 75.5 cm³/mol. The van der Waals surface area contributed by atoms with Gasteiger partial charge in [0.1, 0.15) is 5.78 Å². The molecule has 0 radical (unpaired) electrons. The van der Waals surface area contributed by atoms with Crippen LogP contribution in [0.15, 0.2) is 0 Å². The summed E-state index contributed by atoms with van der Waals surface area (Å²) in [5, 5.41) is 0. The third-order valence-corrected chi connectivity index (χ3v) is 3.94. The van der Waals surface area contributed by atoms with Crippen molar-refractivity contribution in [1.82, 2.24) is 0 Å². The molecule has 1 aliphatic rings. The smallest absolute Gasteiger partial charge is 0.358 e. The van der Waals surface area contributed by atoms with E-state index in [1.54, 1.807) is 0 Å². The Bertz CT molecular complexity index is 205. The molecule has 0 aliphatic heterocycles. The number of hydrogen-bond acceptors (Lipinski definition) is 1. The Morgan fingerprint density at radius 1 is 1.22 bits per heavy atom. The first-order valence-corrected chi connectivity index (χ1v) is 6.95. The molecule has 1 fully saturated rings. The van der Waals surface area contributed by atoms with Crippen molar-refractivity contribution < 1.29 is 56.2 Å². The summed E-state index contributed by atoms with van der Waals surface area (Å²) in [6.07, 6.45) is 9.39. The minimum atomic E-state index is 0. The van der Waals surface area contributed by atoms with E-state index in [2.05, 4.69) is 20.8 Å². The third kappa shape index (κ3) is 8.47. The Balaban J connectivity index is 0. The van der Waals surface area contributed by atoms with Gasteiger partial charge in [0.2, 0.25) is 0 Å². The zero-order valence-corrected chi connectivity index (χ0v) is 16.1. The monoisotopic (exact) mass is 277 g/mol. The van der Waals surface area contributed by atoms with Gasteiger partial charge in [-0.2, -0.15) is 0 Å². The van der Waals surface area contributed by atoms with Gasteiger partial charge in [-0.3, -0.25) is 0 Å². The number of rotatable bonds is 6. The van der Waals surface area contributed by atoms with E-state index < -0.39 is 0 Å². The van der Waals surface area contributed by atoms with Gasteiger partial charge in [-0.05, 0) is 37.5 Å². The molecule has 102 valence electrons. The van der Waals surface area contributed by atoms with E-state index in [-0.39, 0.29) is 58.8 Å². The minimum Gasteiger partial charge on any atom is -0.358 e. The Labute approximate surface area is 157 Å². The Morgan fingerprint density at radius 3 is 2.22 bits per heavy atom. The molecule has 0 atom stereocenters. The van der Waals surface area contributed by atoms with Gasteiger partial charge in [-0.15, -0.1) is 6.42 Å². The van der Waals surface area contributed by atoms with Gasteiger partial charge in [-0.1, -0.05) is 33.1 Å². The van der Waals surface area contributed by atoms with Crippen LogP contribution in [0.3, 0.4) is 0 Å². The molecule has 0 bridgehead atoms. The van der Waals surface area contributed by atoms with Crippen LogP contribution in [-0.4, -0.2) is 5.78 Å². The maximum Gasteiger partial charge on any atom is 1.00 e. The maximum absolute atomic E-state index is 11.5. The van der Waals surface area contributed by atoms with Gasteiger partial charge in [-0.25, -0.2) is 0 Å². The van der Waals surface area contributed by atoms with Crippen molar-refractivity contribution in [3.05, 3.63) is 14.4 Å². The standard InChI is InChI=1S/C15H27O.CH3.K/c1-4-15(16)14-10-8-13(9-11-14)7-5-6-12(2)3;;/h12-14H,1,4-11H2,2-3H3;1H3;/q2*-1;+1. The molecule has 0 aromatic carbocycles. The molecular weight excluding hydrogens is 247 g/mol. The second kappa shape index (κ2) is 12.1. The van der Waals surface area contributed by atoms with Crippen LogP contribution in [0.4, 0.5) is 0 Å². The Kier molecular flexibility index (Phi) is 14.5. The fraction of sp³-hybridized carbons (Fsp3) is 0.812. The fourth-order valence-electron chi connectivity index (χ4n) is 2.79. The maximum atomic E-state index is 11.5. The molecular formula is C16H30KO-. The van der Waals surface area contributed by atoms with E-state index in [9.17, 15) is 4.79 Å². The minimum absolute atomic E-state index is 0. The zero-order valence-electron chi connectivity index (χ0n) is 13.0. The third-order valence-electron chi connectivity index (χ3n) is 3.94. The SMILES string of the molecule is [CH2-]CC(=O)C1CCC(CCCC(C)C)CC1.[CH3-].[K+]. The van der Waals surface area contributed by atoms with E-state index in [0.29, 0.717) is 18.1 Å². The average Bonchev–Trinajstić information content (AvgIpc) is 2.28. The summed E-state index contributed by atoms with van der Waals surface area (Å²) in [7, 11) is 0. The van der Waals surface area contributed by atoms with E-state index >= 15 is 0 Å². The van der Waals surface area contributed by atoms with Gasteiger partial charge in [0.05, 0.1) is 0 Å². The summed E-state index contributed by atoms with van der Waals surface area (Å²) >= 11 is 0. The number of carbonyl (C=O) groups excluding carboxylic acids is 1.